The third kappa shape index (κ3) is 16.2. The molecule has 2 atom stereocenters. The first-order chi connectivity index (χ1) is 9.66. The van der Waals surface area contributed by atoms with Gasteiger partial charge in [0.1, 0.15) is 0 Å². The van der Waals surface area contributed by atoms with Crippen LogP contribution in [0.5, 0.6) is 0 Å². The van der Waals surface area contributed by atoms with Crippen LogP contribution in [0.25, 0.3) is 0 Å². The molecule has 0 heterocycles. The number of rotatable bonds is 15. The molecule has 0 aromatic heterocycles. The van der Waals surface area contributed by atoms with Crippen molar-refractivity contribution >= 4 is 10.8 Å². The van der Waals surface area contributed by atoms with Crippen LogP contribution in [0.15, 0.2) is 0 Å². The van der Waals surface area contributed by atoms with Crippen molar-refractivity contribution in [3.05, 3.63) is 0 Å². The molecule has 0 aliphatic carbocycles. The van der Waals surface area contributed by atoms with Gasteiger partial charge in [-0.2, -0.15) is 0 Å². The van der Waals surface area contributed by atoms with Gasteiger partial charge < -0.3 is 5.32 Å². The van der Waals surface area contributed by atoms with Crippen molar-refractivity contribution in [2.75, 3.05) is 18.6 Å². The van der Waals surface area contributed by atoms with Crippen molar-refractivity contribution in [1.82, 2.24) is 5.32 Å². The Morgan fingerprint density at radius 1 is 0.900 bits per heavy atom. The Morgan fingerprint density at radius 2 is 1.40 bits per heavy atom. The summed E-state index contributed by atoms with van der Waals surface area (Å²) < 4.78 is 11.0. The third-order valence-electron chi connectivity index (χ3n) is 3.86. The molecule has 20 heavy (non-hydrogen) atoms. The van der Waals surface area contributed by atoms with Crippen LogP contribution < -0.4 is 5.32 Å². The molecule has 2 nitrogen and oxygen atoms in total. The summed E-state index contributed by atoms with van der Waals surface area (Å²) in [5, 5.41) is 3.53. The molecule has 0 radical (unpaired) electrons. The average molecular weight is 304 g/mol. The van der Waals surface area contributed by atoms with Crippen molar-refractivity contribution in [3.63, 3.8) is 0 Å². The first-order valence-corrected chi connectivity index (χ1v) is 10.4. The average Bonchev–Trinajstić information content (AvgIpc) is 2.42. The topological polar surface area (TPSA) is 29.1 Å². The normalized spacial score (nSPS) is 14.3. The predicted molar refractivity (Wildman–Crippen MR) is 92.9 cm³/mol. The minimum absolute atomic E-state index is 0.512. The summed E-state index contributed by atoms with van der Waals surface area (Å²) in [7, 11) is -0.642. The molecule has 122 valence electrons. The van der Waals surface area contributed by atoms with Gasteiger partial charge in [0.05, 0.1) is 0 Å². The van der Waals surface area contributed by atoms with Crippen LogP contribution in [0.3, 0.4) is 0 Å². The monoisotopic (exact) mass is 303 g/mol. The Bertz CT molecular complexity index is 221. The zero-order valence-corrected chi connectivity index (χ0v) is 14.9. The lowest BCUT2D eigenvalue weighted by Crippen LogP contribution is -2.28. The molecule has 0 aliphatic heterocycles. The van der Waals surface area contributed by atoms with Gasteiger partial charge in [0.2, 0.25) is 0 Å². The molecule has 0 saturated heterocycles. The molecule has 0 bridgehead atoms. The zero-order chi connectivity index (χ0) is 15.1. The van der Waals surface area contributed by atoms with Crippen LogP contribution in [-0.2, 0) is 10.8 Å². The molecule has 1 N–H and O–H groups in total. The zero-order valence-electron chi connectivity index (χ0n) is 14.1. The lowest BCUT2D eigenvalue weighted by Gasteiger charge is -2.12. The lowest BCUT2D eigenvalue weighted by molar-refractivity contribution is 0.500. The molecule has 0 fully saturated rings. The summed E-state index contributed by atoms with van der Waals surface area (Å²) in [5.41, 5.74) is 0. The fourth-order valence-corrected chi connectivity index (χ4v) is 3.09. The molecule has 2 unspecified atom stereocenters. The van der Waals surface area contributed by atoms with Crippen LogP contribution in [0.1, 0.15) is 84.5 Å². The molecular formula is C17H37NOS. The second-order valence-electron chi connectivity index (χ2n) is 6.10. The summed E-state index contributed by atoms with van der Waals surface area (Å²) >= 11 is 0. The minimum atomic E-state index is -0.642. The van der Waals surface area contributed by atoms with E-state index in [-0.39, 0.29) is 0 Å². The Balaban J connectivity index is 3.10. The number of hydrogen-bond donors (Lipinski definition) is 1. The van der Waals surface area contributed by atoms with Gasteiger partial charge >= 0.3 is 0 Å². The fourth-order valence-electron chi connectivity index (χ4n) is 2.41. The van der Waals surface area contributed by atoms with Gasteiger partial charge in [-0.05, 0) is 26.3 Å². The van der Waals surface area contributed by atoms with E-state index in [2.05, 4.69) is 19.2 Å². The first kappa shape index (κ1) is 20.1. The third-order valence-corrected chi connectivity index (χ3v) is 4.67. The molecule has 0 spiro atoms. The highest BCUT2D eigenvalue weighted by Gasteiger charge is 2.01. The van der Waals surface area contributed by atoms with Gasteiger partial charge in [-0.25, -0.2) is 0 Å². The van der Waals surface area contributed by atoms with Crippen LogP contribution in [0.2, 0.25) is 0 Å². The van der Waals surface area contributed by atoms with Crippen LogP contribution >= 0.6 is 0 Å². The second kappa shape index (κ2) is 15.5. The van der Waals surface area contributed by atoms with Gasteiger partial charge in [0, 0.05) is 28.9 Å². The second-order valence-corrected chi connectivity index (χ2v) is 7.66. The standard InChI is InChI=1S/C17H37NOS/c1-4-5-6-7-8-9-10-11-12-13-15-18-17(2)14-16-20(3)19/h17-18H,4-16H2,1-3H3. The van der Waals surface area contributed by atoms with E-state index in [4.69, 9.17) is 0 Å². The van der Waals surface area contributed by atoms with Crippen LogP contribution in [0, 0.1) is 0 Å². The summed E-state index contributed by atoms with van der Waals surface area (Å²) in [6.45, 7) is 5.59. The fraction of sp³-hybridized carbons (Fsp3) is 1.00. The number of nitrogens with one attached hydrogen (secondary N) is 1. The van der Waals surface area contributed by atoms with Crippen molar-refractivity contribution in [2.24, 2.45) is 0 Å². The Hall–Kier alpha value is 0.110. The van der Waals surface area contributed by atoms with E-state index in [0.29, 0.717) is 6.04 Å². The van der Waals surface area contributed by atoms with Gasteiger partial charge in [-0.15, -0.1) is 0 Å². The van der Waals surface area contributed by atoms with Crippen molar-refractivity contribution in [2.45, 2.75) is 90.5 Å². The van der Waals surface area contributed by atoms with Gasteiger partial charge in [0.25, 0.3) is 0 Å². The smallest absolute Gasteiger partial charge is 0.0246 e. The largest absolute Gasteiger partial charge is 0.314 e. The Labute approximate surface area is 130 Å². The summed E-state index contributed by atoms with van der Waals surface area (Å²) in [4.78, 5) is 0. The number of unbranched alkanes of at least 4 members (excludes halogenated alkanes) is 9. The summed E-state index contributed by atoms with van der Waals surface area (Å²) in [6, 6.07) is 0.512. The molecule has 0 aromatic rings. The van der Waals surface area contributed by atoms with Crippen molar-refractivity contribution in [3.8, 4) is 0 Å². The van der Waals surface area contributed by atoms with E-state index in [9.17, 15) is 4.21 Å². The van der Waals surface area contributed by atoms with E-state index in [1.807, 2.05) is 0 Å². The van der Waals surface area contributed by atoms with Gasteiger partial charge in [-0.3, -0.25) is 4.21 Å². The van der Waals surface area contributed by atoms with E-state index >= 15 is 0 Å². The molecule has 0 amide bonds. The maximum atomic E-state index is 11.0. The first-order valence-electron chi connectivity index (χ1n) is 8.70. The van der Waals surface area contributed by atoms with Gasteiger partial charge in [-0.1, -0.05) is 64.7 Å². The summed E-state index contributed by atoms with van der Waals surface area (Å²) in [6.07, 6.45) is 16.7. The molecule has 3 heteroatoms. The van der Waals surface area contributed by atoms with E-state index in [0.717, 1.165) is 18.7 Å². The quantitative estimate of drug-likeness (QED) is 0.446. The minimum Gasteiger partial charge on any atom is -0.314 e. The molecule has 0 rings (SSSR count). The molecular weight excluding hydrogens is 266 g/mol. The highest BCUT2D eigenvalue weighted by Crippen LogP contribution is 2.10. The van der Waals surface area contributed by atoms with Gasteiger partial charge in [0.15, 0.2) is 0 Å². The van der Waals surface area contributed by atoms with Crippen molar-refractivity contribution in [1.29, 1.82) is 0 Å². The molecule has 0 saturated carbocycles. The Kier molecular flexibility index (Phi) is 15.6. The Morgan fingerprint density at radius 3 is 1.90 bits per heavy atom. The van der Waals surface area contributed by atoms with Crippen molar-refractivity contribution < 1.29 is 4.21 Å². The van der Waals surface area contributed by atoms with E-state index in [1.165, 1.54) is 64.2 Å². The van der Waals surface area contributed by atoms with E-state index < -0.39 is 10.8 Å². The summed E-state index contributed by atoms with van der Waals surface area (Å²) in [5.74, 6) is 0.826. The predicted octanol–water partition coefficient (Wildman–Crippen LogP) is 4.65. The highest BCUT2D eigenvalue weighted by molar-refractivity contribution is 7.84. The molecule has 0 aliphatic rings. The number of hydrogen-bond acceptors (Lipinski definition) is 2. The molecule has 0 aromatic carbocycles. The van der Waals surface area contributed by atoms with Crippen LogP contribution in [-0.4, -0.2) is 28.8 Å². The maximum Gasteiger partial charge on any atom is 0.0246 e. The maximum absolute atomic E-state index is 11.0. The lowest BCUT2D eigenvalue weighted by atomic mass is 10.1. The van der Waals surface area contributed by atoms with Crippen LogP contribution in [0.4, 0.5) is 0 Å². The highest BCUT2D eigenvalue weighted by atomic mass is 32.2. The van der Waals surface area contributed by atoms with E-state index in [1.54, 1.807) is 6.26 Å². The SMILES string of the molecule is CCCCCCCCCCCCNC(C)CCS(C)=O.